The van der Waals surface area contributed by atoms with Crippen molar-refractivity contribution in [2.24, 2.45) is 0 Å². The number of hydrogen-bond acceptors (Lipinski definition) is 4. The molecule has 0 spiro atoms. The minimum atomic E-state index is -0.475. The largest absolute Gasteiger partial charge is 0.460 e. The molecular weight excluding hydrogens is 136 g/mol. The summed E-state index contributed by atoms with van der Waals surface area (Å²) in [5, 5.41) is 7.80. The van der Waals surface area contributed by atoms with E-state index in [1.807, 2.05) is 0 Å². The lowest BCUT2D eigenvalue weighted by atomic mass is 10.4. The highest BCUT2D eigenvalue weighted by Crippen LogP contribution is 1.90. The minimum Gasteiger partial charge on any atom is -0.460 e. The maximum atomic E-state index is 10.6. The first-order valence-electron chi connectivity index (χ1n) is 2.77. The van der Waals surface area contributed by atoms with Crippen LogP contribution in [0.4, 0.5) is 0 Å². The van der Waals surface area contributed by atoms with Gasteiger partial charge in [-0.05, 0) is 6.92 Å². The Balaban J connectivity index is 3.31. The molecule has 0 heterocycles. The molecule has 0 atom stereocenters. The molecule has 0 aromatic carbocycles. The lowest BCUT2D eigenvalue weighted by molar-refractivity contribution is -0.248. The van der Waals surface area contributed by atoms with Crippen molar-refractivity contribution < 1.29 is 19.7 Å². The van der Waals surface area contributed by atoms with Crippen LogP contribution in [0.3, 0.4) is 0 Å². The number of carbonyl (C=O) groups excluding carboxylic acids is 1. The zero-order valence-electron chi connectivity index (χ0n) is 5.79. The van der Waals surface area contributed by atoms with Crippen LogP contribution in [-0.4, -0.2) is 24.4 Å². The van der Waals surface area contributed by atoms with Gasteiger partial charge in [0, 0.05) is 5.57 Å². The van der Waals surface area contributed by atoms with E-state index < -0.39 is 5.97 Å². The van der Waals surface area contributed by atoms with E-state index in [0.717, 1.165) is 0 Å². The quantitative estimate of drug-likeness (QED) is 0.207. The van der Waals surface area contributed by atoms with Gasteiger partial charge in [0.25, 0.3) is 0 Å². The summed E-state index contributed by atoms with van der Waals surface area (Å²) in [4.78, 5) is 14.2. The van der Waals surface area contributed by atoms with Gasteiger partial charge in [-0.25, -0.2) is 9.68 Å². The summed E-state index contributed by atoms with van der Waals surface area (Å²) >= 11 is 0. The Morgan fingerprint density at radius 2 is 2.20 bits per heavy atom. The highest BCUT2D eigenvalue weighted by molar-refractivity contribution is 5.86. The molecule has 0 aliphatic heterocycles. The Morgan fingerprint density at radius 1 is 1.60 bits per heavy atom. The van der Waals surface area contributed by atoms with Crippen molar-refractivity contribution in [3.63, 3.8) is 0 Å². The summed E-state index contributed by atoms with van der Waals surface area (Å²) in [7, 11) is 0. The van der Waals surface area contributed by atoms with Crippen LogP contribution in [0.15, 0.2) is 12.2 Å². The van der Waals surface area contributed by atoms with Gasteiger partial charge in [0.15, 0.2) is 0 Å². The Hall–Kier alpha value is -0.870. The summed E-state index contributed by atoms with van der Waals surface area (Å²) in [6.45, 7) is 4.93. The summed E-state index contributed by atoms with van der Waals surface area (Å²) in [5.41, 5.74) is 0.331. The van der Waals surface area contributed by atoms with Crippen molar-refractivity contribution >= 4 is 5.97 Å². The molecular formula is C6H10O4. The number of rotatable bonds is 4. The van der Waals surface area contributed by atoms with Crippen molar-refractivity contribution in [2.45, 2.75) is 6.92 Å². The van der Waals surface area contributed by atoms with E-state index in [2.05, 4.69) is 16.2 Å². The second kappa shape index (κ2) is 4.96. The first-order chi connectivity index (χ1) is 4.68. The van der Waals surface area contributed by atoms with Crippen LogP contribution < -0.4 is 0 Å². The molecule has 58 valence electrons. The summed E-state index contributed by atoms with van der Waals surface area (Å²) < 4.78 is 4.52. The molecule has 0 aliphatic carbocycles. The zero-order chi connectivity index (χ0) is 7.98. The Kier molecular flexibility index (Phi) is 4.53. The third kappa shape index (κ3) is 4.05. The standard InChI is InChI=1S/C6H10O4/c1-5(2)6(7)9-3-4-10-8/h8H,1,3-4H2,2H3. The second-order valence-corrected chi connectivity index (χ2v) is 1.75. The van der Waals surface area contributed by atoms with E-state index in [-0.39, 0.29) is 13.2 Å². The lowest BCUT2D eigenvalue weighted by Crippen LogP contribution is -2.09. The van der Waals surface area contributed by atoms with Crippen molar-refractivity contribution in [1.29, 1.82) is 0 Å². The molecule has 0 unspecified atom stereocenters. The predicted molar refractivity (Wildman–Crippen MR) is 34.4 cm³/mol. The lowest BCUT2D eigenvalue weighted by Gasteiger charge is -2.00. The van der Waals surface area contributed by atoms with Gasteiger partial charge in [0.1, 0.15) is 13.2 Å². The first kappa shape index (κ1) is 9.13. The molecule has 0 rings (SSSR count). The fourth-order valence-electron chi connectivity index (χ4n) is 0.295. The number of esters is 1. The third-order valence-electron chi connectivity index (χ3n) is 0.756. The summed E-state index contributed by atoms with van der Waals surface area (Å²) in [6.07, 6.45) is 0. The SMILES string of the molecule is C=C(C)C(=O)OCCOO. The Labute approximate surface area is 59.0 Å². The molecule has 0 aromatic rings. The van der Waals surface area contributed by atoms with Crippen molar-refractivity contribution in [2.75, 3.05) is 13.2 Å². The van der Waals surface area contributed by atoms with E-state index in [4.69, 9.17) is 5.26 Å². The molecule has 0 saturated carbocycles. The van der Waals surface area contributed by atoms with E-state index in [1.54, 1.807) is 6.92 Å². The van der Waals surface area contributed by atoms with Crippen LogP contribution in [0, 0.1) is 0 Å². The molecule has 1 N–H and O–H groups in total. The van der Waals surface area contributed by atoms with Gasteiger partial charge in [-0.15, -0.1) is 0 Å². The fraction of sp³-hybridized carbons (Fsp3) is 0.500. The molecule has 10 heavy (non-hydrogen) atoms. The van der Waals surface area contributed by atoms with Gasteiger partial charge in [-0.3, -0.25) is 5.26 Å². The van der Waals surface area contributed by atoms with Gasteiger partial charge in [0.2, 0.25) is 0 Å². The van der Waals surface area contributed by atoms with Gasteiger partial charge in [-0.2, -0.15) is 0 Å². The van der Waals surface area contributed by atoms with Crippen molar-refractivity contribution in [1.82, 2.24) is 0 Å². The third-order valence-corrected chi connectivity index (χ3v) is 0.756. The maximum Gasteiger partial charge on any atom is 0.333 e. The molecule has 0 radical (unpaired) electrons. The molecule has 0 aromatic heterocycles. The highest BCUT2D eigenvalue weighted by Gasteiger charge is 2.00. The van der Waals surface area contributed by atoms with Gasteiger partial charge < -0.3 is 4.74 Å². The van der Waals surface area contributed by atoms with Crippen LogP contribution in [0.25, 0.3) is 0 Å². The van der Waals surface area contributed by atoms with Gasteiger partial charge in [-0.1, -0.05) is 6.58 Å². The first-order valence-corrected chi connectivity index (χ1v) is 2.77. The molecule has 4 nitrogen and oxygen atoms in total. The summed E-state index contributed by atoms with van der Waals surface area (Å²) in [5.74, 6) is -0.475. The molecule has 0 bridgehead atoms. The van der Waals surface area contributed by atoms with Gasteiger partial charge in [0.05, 0.1) is 0 Å². The monoisotopic (exact) mass is 146 g/mol. The summed E-state index contributed by atoms with van der Waals surface area (Å²) in [6, 6.07) is 0. The molecule has 0 amide bonds. The van der Waals surface area contributed by atoms with Crippen LogP contribution in [-0.2, 0) is 14.4 Å². The van der Waals surface area contributed by atoms with Crippen LogP contribution in [0.2, 0.25) is 0 Å². The second-order valence-electron chi connectivity index (χ2n) is 1.75. The van der Waals surface area contributed by atoms with E-state index >= 15 is 0 Å². The molecule has 0 fully saturated rings. The van der Waals surface area contributed by atoms with E-state index in [1.165, 1.54) is 0 Å². The highest BCUT2D eigenvalue weighted by atomic mass is 17.1. The molecule has 0 aliphatic rings. The smallest absolute Gasteiger partial charge is 0.333 e. The van der Waals surface area contributed by atoms with Crippen LogP contribution >= 0.6 is 0 Å². The molecule has 0 saturated heterocycles. The van der Waals surface area contributed by atoms with Gasteiger partial charge >= 0.3 is 5.97 Å². The Bertz CT molecular complexity index is 130. The minimum absolute atomic E-state index is 0.0149. The Morgan fingerprint density at radius 3 is 2.60 bits per heavy atom. The zero-order valence-corrected chi connectivity index (χ0v) is 5.79. The number of carbonyl (C=O) groups is 1. The number of hydrogen-bond donors (Lipinski definition) is 1. The topological polar surface area (TPSA) is 55.8 Å². The molecule has 4 heteroatoms. The van der Waals surface area contributed by atoms with Crippen molar-refractivity contribution in [3.05, 3.63) is 12.2 Å². The maximum absolute atomic E-state index is 10.6. The van der Waals surface area contributed by atoms with E-state index in [9.17, 15) is 4.79 Å². The van der Waals surface area contributed by atoms with Crippen molar-refractivity contribution in [3.8, 4) is 0 Å². The normalized spacial score (nSPS) is 9.00. The van der Waals surface area contributed by atoms with Crippen LogP contribution in [0.1, 0.15) is 6.92 Å². The average Bonchev–Trinajstić information content (AvgIpc) is 1.88. The van der Waals surface area contributed by atoms with Crippen LogP contribution in [0.5, 0.6) is 0 Å². The predicted octanol–water partition coefficient (Wildman–Crippen LogP) is 0.595. The number of ether oxygens (including phenoxy) is 1. The fourth-order valence-corrected chi connectivity index (χ4v) is 0.295. The average molecular weight is 146 g/mol. The van der Waals surface area contributed by atoms with E-state index in [0.29, 0.717) is 5.57 Å².